The molecule has 1 aliphatic rings. The van der Waals surface area contributed by atoms with E-state index in [1.807, 2.05) is 0 Å². The molecular formula is C14H25N3O3. The second kappa shape index (κ2) is 7.89. The molecule has 20 heavy (non-hydrogen) atoms. The molecule has 0 aromatic rings. The minimum Gasteiger partial charge on any atom is -0.480 e. The highest BCUT2D eigenvalue weighted by Crippen LogP contribution is 2.15. The quantitative estimate of drug-likeness (QED) is 0.717. The first-order chi connectivity index (χ1) is 9.49. The Kier molecular flexibility index (Phi) is 6.51. The zero-order valence-electron chi connectivity index (χ0n) is 12.3. The summed E-state index contributed by atoms with van der Waals surface area (Å²) in [6, 6.07) is -1.05. The van der Waals surface area contributed by atoms with Crippen LogP contribution in [0, 0.1) is 0 Å². The number of likely N-dealkylation sites (tertiary alicyclic amines) is 1. The van der Waals surface area contributed by atoms with E-state index >= 15 is 0 Å². The van der Waals surface area contributed by atoms with Crippen LogP contribution in [-0.2, 0) is 4.79 Å². The van der Waals surface area contributed by atoms with Crippen LogP contribution in [0.15, 0.2) is 12.7 Å². The lowest BCUT2D eigenvalue weighted by Gasteiger charge is -2.36. The van der Waals surface area contributed by atoms with E-state index in [0.29, 0.717) is 0 Å². The van der Waals surface area contributed by atoms with Crippen molar-refractivity contribution < 1.29 is 14.7 Å². The predicted molar refractivity (Wildman–Crippen MR) is 77.7 cm³/mol. The van der Waals surface area contributed by atoms with Crippen LogP contribution in [0.3, 0.4) is 0 Å². The van der Waals surface area contributed by atoms with Crippen molar-refractivity contribution in [2.24, 2.45) is 0 Å². The van der Waals surface area contributed by atoms with Gasteiger partial charge in [0, 0.05) is 26.2 Å². The maximum Gasteiger partial charge on any atom is 0.326 e. The van der Waals surface area contributed by atoms with Gasteiger partial charge in [0.05, 0.1) is 0 Å². The monoisotopic (exact) mass is 283 g/mol. The van der Waals surface area contributed by atoms with Crippen LogP contribution in [0.5, 0.6) is 0 Å². The lowest BCUT2D eigenvalue weighted by atomic mass is 10.0. The molecular weight excluding hydrogens is 258 g/mol. The van der Waals surface area contributed by atoms with Crippen LogP contribution in [0.1, 0.15) is 26.2 Å². The molecule has 2 N–H and O–H groups in total. The number of nitrogens with one attached hydrogen (secondary N) is 1. The summed E-state index contributed by atoms with van der Waals surface area (Å²) in [5.74, 6) is -1.03. The first-order valence-electron chi connectivity index (χ1n) is 7.09. The van der Waals surface area contributed by atoms with Gasteiger partial charge in [0.2, 0.25) is 0 Å². The van der Waals surface area contributed by atoms with Gasteiger partial charge in [-0.2, -0.15) is 0 Å². The van der Waals surface area contributed by atoms with Crippen molar-refractivity contribution in [3.63, 3.8) is 0 Å². The third-order valence-corrected chi connectivity index (χ3v) is 3.87. The molecule has 6 nitrogen and oxygen atoms in total. The zero-order valence-corrected chi connectivity index (χ0v) is 12.3. The van der Waals surface area contributed by atoms with Gasteiger partial charge in [0.15, 0.2) is 0 Å². The molecule has 1 unspecified atom stereocenters. The van der Waals surface area contributed by atoms with E-state index in [-0.39, 0.29) is 18.5 Å². The van der Waals surface area contributed by atoms with E-state index in [0.717, 1.165) is 32.5 Å². The molecule has 1 heterocycles. The van der Waals surface area contributed by atoms with Gasteiger partial charge in [-0.15, -0.1) is 6.58 Å². The van der Waals surface area contributed by atoms with Gasteiger partial charge in [-0.25, -0.2) is 9.59 Å². The van der Waals surface area contributed by atoms with E-state index < -0.39 is 12.0 Å². The molecule has 1 saturated heterocycles. The van der Waals surface area contributed by atoms with E-state index in [4.69, 9.17) is 5.11 Å². The minimum atomic E-state index is -1.03. The van der Waals surface area contributed by atoms with E-state index in [2.05, 4.69) is 23.7 Å². The summed E-state index contributed by atoms with van der Waals surface area (Å²) in [4.78, 5) is 27.1. The van der Waals surface area contributed by atoms with Crippen LogP contribution < -0.4 is 5.32 Å². The molecule has 0 aliphatic carbocycles. The molecule has 1 aliphatic heterocycles. The maximum absolute atomic E-state index is 12.1. The fraction of sp³-hybridized carbons (Fsp3) is 0.714. The second-order valence-electron chi connectivity index (χ2n) is 5.14. The van der Waals surface area contributed by atoms with Crippen molar-refractivity contribution in [1.29, 1.82) is 0 Å². The number of piperidine rings is 1. The predicted octanol–water partition coefficient (Wildman–Crippen LogP) is 1.14. The molecule has 0 radical (unpaired) electrons. The maximum atomic E-state index is 12.1. The smallest absolute Gasteiger partial charge is 0.326 e. The molecule has 114 valence electrons. The first kappa shape index (κ1) is 16.5. The number of carboxylic acids is 1. The van der Waals surface area contributed by atoms with Crippen molar-refractivity contribution in [1.82, 2.24) is 15.1 Å². The number of hydrogen-bond acceptors (Lipinski definition) is 3. The molecule has 1 rings (SSSR count). The van der Waals surface area contributed by atoms with Crippen molar-refractivity contribution in [3.8, 4) is 0 Å². The Balaban J connectivity index is 2.50. The molecule has 6 heteroatoms. The van der Waals surface area contributed by atoms with Gasteiger partial charge in [-0.1, -0.05) is 13.0 Å². The first-order valence-corrected chi connectivity index (χ1v) is 7.09. The largest absolute Gasteiger partial charge is 0.480 e. The average molecular weight is 283 g/mol. The average Bonchev–Trinajstić information content (AvgIpc) is 2.45. The van der Waals surface area contributed by atoms with Gasteiger partial charge in [0.1, 0.15) is 6.04 Å². The van der Waals surface area contributed by atoms with Crippen molar-refractivity contribution in [2.45, 2.75) is 38.3 Å². The fourth-order valence-corrected chi connectivity index (χ4v) is 2.43. The highest BCUT2D eigenvalue weighted by molar-refractivity contribution is 5.82. The summed E-state index contributed by atoms with van der Waals surface area (Å²) in [6.07, 6.45) is 3.58. The number of rotatable bonds is 6. The zero-order chi connectivity index (χ0) is 15.1. The second-order valence-corrected chi connectivity index (χ2v) is 5.14. The number of aliphatic carboxylic acids is 1. The number of nitrogens with zero attached hydrogens (tertiary/aromatic N) is 2. The van der Waals surface area contributed by atoms with Crippen LogP contribution >= 0.6 is 0 Å². The molecule has 1 fully saturated rings. The van der Waals surface area contributed by atoms with Gasteiger partial charge >= 0.3 is 12.0 Å². The Morgan fingerprint density at radius 2 is 2.10 bits per heavy atom. The molecule has 0 spiro atoms. The fourth-order valence-electron chi connectivity index (χ4n) is 2.43. The summed E-state index contributed by atoms with van der Waals surface area (Å²) in [7, 11) is 1.73. The number of carbonyl (C=O) groups is 2. The number of carboxylic acid groups (broad SMARTS) is 1. The van der Waals surface area contributed by atoms with E-state index in [9.17, 15) is 9.59 Å². The lowest BCUT2D eigenvalue weighted by molar-refractivity contribution is -0.139. The van der Waals surface area contributed by atoms with Gasteiger partial charge in [0.25, 0.3) is 0 Å². The summed E-state index contributed by atoms with van der Waals surface area (Å²) >= 11 is 0. The number of urea groups is 1. The Bertz CT molecular complexity index is 352. The molecule has 0 aromatic carbocycles. The van der Waals surface area contributed by atoms with Crippen LogP contribution in [-0.4, -0.2) is 65.7 Å². The molecule has 1 atom stereocenters. The topological polar surface area (TPSA) is 72.9 Å². The van der Waals surface area contributed by atoms with Gasteiger partial charge < -0.3 is 20.2 Å². The number of carbonyl (C=O) groups excluding carboxylic acids is 1. The van der Waals surface area contributed by atoms with Crippen molar-refractivity contribution in [3.05, 3.63) is 12.7 Å². The summed E-state index contributed by atoms with van der Waals surface area (Å²) in [5.41, 5.74) is 0. The third-order valence-electron chi connectivity index (χ3n) is 3.87. The highest BCUT2D eigenvalue weighted by atomic mass is 16.4. The molecule has 0 saturated carbocycles. The van der Waals surface area contributed by atoms with E-state index in [1.165, 1.54) is 6.08 Å². The number of amides is 2. The highest BCUT2D eigenvalue weighted by Gasteiger charge is 2.27. The standard InChI is InChI=1S/C14H25N3O3/c1-4-6-12(13(18)19)15-14(20)16(3)11-7-9-17(5-2)10-8-11/h4,11-12H,1,5-10H2,2-3H3,(H,15,20)(H,18,19). The Morgan fingerprint density at radius 3 is 2.55 bits per heavy atom. The van der Waals surface area contributed by atoms with Crippen molar-refractivity contribution >= 4 is 12.0 Å². The lowest BCUT2D eigenvalue weighted by Crippen LogP contribution is -2.52. The number of hydrogen-bond donors (Lipinski definition) is 2. The SMILES string of the molecule is C=CCC(NC(=O)N(C)C1CCN(CC)CC1)C(=O)O. The molecule has 2 amide bonds. The van der Waals surface area contributed by atoms with Crippen molar-refractivity contribution in [2.75, 3.05) is 26.7 Å². The summed E-state index contributed by atoms with van der Waals surface area (Å²) in [5, 5.41) is 11.6. The third kappa shape index (κ3) is 4.52. The van der Waals surface area contributed by atoms with Gasteiger partial charge in [-0.3, -0.25) is 0 Å². The summed E-state index contributed by atoms with van der Waals surface area (Å²) in [6.45, 7) is 8.63. The minimum absolute atomic E-state index is 0.177. The van der Waals surface area contributed by atoms with Crippen LogP contribution in [0.25, 0.3) is 0 Å². The van der Waals surface area contributed by atoms with Gasteiger partial charge in [-0.05, 0) is 25.8 Å². The molecule has 0 aromatic heterocycles. The molecule has 0 bridgehead atoms. The Labute approximate surface area is 120 Å². The van der Waals surface area contributed by atoms with Crippen LogP contribution in [0.2, 0.25) is 0 Å². The Morgan fingerprint density at radius 1 is 1.50 bits per heavy atom. The van der Waals surface area contributed by atoms with E-state index in [1.54, 1.807) is 11.9 Å². The Hall–Kier alpha value is -1.56. The summed E-state index contributed by atoms with van der Waals surface area (Å²) < 4.78 is 0. The normalized spacial score (nSPS) is 18.3. The van der Waals surface area contributed by atoms with Crippen LogP contribution in [0.4, 0.5) is 4.79 Å².